The summed E-state index contributed by atoms with van der Waals surface area (Å²) in [6.45, 7) is 4.06. The summed E-state index contributed by atoms with van der Waals surface area (Å²) in [7, 11) is 0. The highest BCUT2D eigenvalue weighted by Gasteiger charge is 2.12. The number of hydrogen-bond acceptors (Lipinski definition) is 3. The Labute approximate surface area is 110 Å². The van der Waals surface area contributed by atoms with Gasteiger partial charge in [-0.25, -0.2) is 14.4 Å². The van der Waals surface area contributed by atoms with Crippen molar-refractivity contribution in [1.29, 1.82) is 0 Å². The molecule has 0 saturated carbocycles. The number of nitrogens with two attached hydrogens (primary N) is 1. The van der Waals surface area contributed by atoms with Gasteiger partial charge in [0.2, 0.25) is 0 Å². The lowest BCUT2D eigenvalue weighted by Gasteiger charge is -2.09. The average Bonchev–Trinajstić information content (AvgIpc) is 2.32. The molecule has 0 atom stereocenters. The molecular formula is C13H13ClFN3. The first kappa shape index (κ1) is 12.9. The molecule has 0 bridgehead atoms. The van der Waals surface area contributed by atoms with E-state index in [2.05, 4.69) is 9.97 Å². The van der Waals surface area contributed by atoms with Gasteiger partial charge in [0.15, 0.2) is 5.82 Å². The normalized spacial score (nSPS) is 10.7. The first-order valence-electron chi connectivity index (χ1n) is 5.52. The molecule has 94 valence electrons. The monoisotopic (exact) mass is 265 g/mol. The van der Waals surface area contributed by atoms with Crippen LogP contribution in [0, 0.1) is 19.7 Å². The van der Waals surface area contributed by atoms with Gasteiger partial charge in [-0.3, -0.25) is 0 Å². The molecule has 0 spiro atoms. The molecule has 2 rings (SSSR count). The van der Waals surface area contributed by atoms with Gasteiger partial charge in [0.05, 0.1) is 11.3 Å². The van der Waals surface area contributed by atoms with Crippen LogP contribution in [0.15, 0.2) is 18.2 Å². The van der Waals surface area contributed by atoms with Crippen LogP contribution in [-0.2, 0) is 6.54 Å². The summed E-state index contributed by atoms with van der Waals surface area (Å²) in [4.78, 5) is 8.59. The molecule has 5 heteroatoms. The molecule has 1 aromatic heterocycles. The largest absolute Gasteiger partial charge is 0.325 e. The Morgan fingerprint density at radius 2 is 2.00 bits per heavy atom. The molecule has 0 aliphatic carbocycles. The van der Waals surface area contributed by atoms with E-state index in [1.165, 1.54) is 6.07 Å². The number of benzene rings is 1. The maximum absolute atomic E-state index is 13.8. The van der Waals surface area contributed by atoms with Crippen molar-refractivity contribution in [3.63, 3.8) is 0 Å². The van der Waals surface area contributed by atoms with Crippen LogP contribution in [-0.4, -0.2) is 9.97 Å². The fourth-order valence-corrected chi connectivity index (χ4v) is 1.84. The minimum atomic E-state index is -0.436. The predicted molar refractivity (Wildman–Crippen MR) is 69.8 cm³/mol. The fourth-order valence-electron chi connectivity index (χ4n) is 1.68. The molecular weight excluding hydrogens is 253 g/mol. The summed E-state index contributed by atoms with van der Waals surface area (Å²) in [5, 5.41) is 0.346. The summed E-state index contributed by atoms with van der Waals surface area (Å²) >= 11 is 5.72. The molecule has 0 aliphatic heterocycles. The summed E-state index contributed by atoms with van der Waals surface area (Å²) in [6.07, 6.45) is 0. The van der Waals surface area contributed by atoms with Gasteiger partial charge in [0.1, 0.15) is 5.82 Å². The first-order valence-corrected chi connectivity index (χ1v) is 5.90. The lowest BCUT2D eigenvalue weighted by Crippen LogP contribution is -2.07. The van der Waals surface area contributed by atoms with E-state index in [0.717, 1.165) is 17.0 Å². The van der Waals surface area contributed by atoms with E-state index < -0.39 is 5.82 Å². The van der Waals surface area contributed by atoms with E-state index in [0.29, 0.717) is 23.0 Å². The Hall–Kier alpha value is -1.52. The summed E-state index contributed by atoms with van der Waals surface area (Å²) < 4.78 is 13.8. The Balaban J connectivity index is 2.60. The molecule has 0 aliphatic rings. The van der Waals surface area contributed by atoms with Gasteiger partial charge in [-0.15, -0.1) is 0 Å². The molecule has 0 amide bonds. The van der Waals surface area contributed by atoms with Crippen molar-refractivity contribution in [2.45, 2.75) is 20.4 Å². The van der Waals surface area contributed by atoms with Gasteiger partial charge in [-0.2, -0.15) is 0 Å². The fraction of sp³-hybridized carbons (Fsp3) is 0.231. The van der Waals surface area contributed by atoms with E-state index in [9.17, 15) is 4.39 Å². The molecule has 0 unspecified atom stereocenters. The molecule has 2 aromatic rings. The minimum absolute atomic E-state index is 0.303. The second-order valence-electron chi connectivity index (χ2n) is 4.03. The Morgan fingerprint density at radius 3 is 2.61 bits per heavy atom. The van der Waals surface area contributed by atoms with Crippen LogP contribution in [0.25, 0.3) is 11.4 Å². The standard InChI is InChI=1S/C13H13ClFN3/c1-7-8(2)17-13(18-12(7)6-16)10-4-3-9(14)5-11(10)15/h3-5H,6,16H2,1-2H3. The zero-order chi connectivity index (χ0) is 13.3. The van der Waals surface area contributed by atoms with Crippen LogP contribution in [0.4, 0.5) is 4.39 Å². The van der Waals surface area contributed by atoms with Crippen molar-refractivity contribution in [1.82, 2.24) is 9.97 Å². The average molecular weight is 266 g/mol. The van der Waals surface area contributed by atoms with Crippen molar-refractivity contribution in [2.75, 3.05) is 0 Å². The van der Waals surface area contributed by atoms with Crippen molar-refractivity contribution in [3.8, 4) is 11.4 Å². The van der Waals surface area contributed by atoms with E-state index in [-0.39, 0.29) is 0 Å². The zero-order valence-corrected chi connectivity index (χ0v) is 10.9. The second kappa shape index (κ2) is 5.00. The topological polar surface area (TPSA) is 51.8 Å². The molecule has 1 aromatic carbocycles. The van der Waals surface area contributed by atoms with Gasteiger partial charge < -0.3 is 5.73 Å². The summed E-state index contributed by atoms with van der Waals surface area (Å²) in [5.74, 6) is -0.0959. The van der Waals surface area contributed by atoms with E-state index in [1.807, 2.05) is 13.8 Å². The molecule has 0 fully saturated rings. The Morgan fingerprint density at radius 1 is 1.28 bits per heavy atom. The molecule has 1 heterocycles. The third-order valence-electron chi connectivity index (χ3n) is 2.86. The maximum atomic E-state index is 13.8. The van der Waals surface area contributed by atoms with Crippen LogP contribution >= 0.6 is 11.6 Å². The van der Waals surface area contributed by atoms with Crippen LogP contribution in [0.5, 0.6) is 0 Å². The number of nitrogens with zero attached hydrogens (tertiary/aromatic N) is 2. The zero-order valence-electron chi connectivity index (χ0n) is 10.2. The number of aromatic nitrogens is 2. The molecule has 0 saturated heterocycles. The van der Waals surface area contributed by atoms with Crippen molar-refractivity contribution in [2.24, 2.45) is 5.73 Å². The van der Waals surface area contributed by atoms with Crippen LogP contribution < -0.4 is 5.73 Å². The van der Waals surface area contributed by atoms with E-state index in [4.69, 9.17) is 17.3 Å². The van der Waals surface area contributed by atoms with Gasteiger partial charge >= 0.3 is 0 Å². The van der Waals surface area contributed by atoms with Crippen LogP contribution in [0.1, 0.15) is 17.0 Å². The van der Waals surface area contributed by atoms with Crippen LogP contribution in [0.3, 0.4) is 0 Å². The quantitative estimate of drug-likeness (QED) is 0.908. The SMILES string of the molecule is Cc1nc(-c2ccc(Cl)cc2F)nc(CN)c1C. The number of aryl methyl sites for hydroxylation is 1. The Bertz CT molecular complexity index is 599. The van der Waals surface area contributed by atoms with Crippen molar-refractivity contribution < 1.29 is 4.39 Å². The van der Waals surface area contributed by atoms with Crippen molar-refractivity contribution >= 4 is 11.6 Å². The number of hydrogen-bond donors (Lipinski definition) is 1. The molecule has 2 N–H and O–H groups in total. The highest BCUT2D eigenvalue weighted by Crippen LogP contribution is 2.24. The lowest BCUT2D eigenvalue weighted by molar-refractivity contribution is 0.629. The Kier molecular flexibility index (Phi) is 3.59. The number of halogens is 2. The molecule has 0 radical (unpaired) electrons. The summed E-state index contributed by atoms with van der Waals surface area (Å²) in [5.41, 5.74) is 8.42. The number of rotatable bonds is 2. The molecule has 18 heavy (non-hydrogen) atoms. The lowest BCUT2D eigenvalue weighted by atomic mass is 10.1. The smallest absolute Gasteiger partial charge is 0.162 e. The predicted octanol–water partition coefficient (Wildman–Crippen LogP) is 3.01. The van der Waals surface area contributed by atoms with E-state index in [1.54, 1.807) is 12.1 Å². The second-order valence-corrected chi connectivity index (χ2v) is 4.47. The first-order chi connectivity index (χ1) is 8.52. The minimum Gasteiger partial charge on any atom is -0.325 e. The highest BCUT2D eigenvalue weighted by molar-refractivity contribution is 6.30. The van der Waals surface area contributed by atoms with Gasteiger partial charge in [-0.1, -0.05) is 11.6 Å². The highest BCUT2D eigenvalue weighted by atomic mass is 35.5. The van der Waals surface area contributed by atoms with Gasteiger partial charge in [0, 0.05) is 17.3 Å². The van der Waals surface area contributed by atoms with Crippen LogP contribution in [0.2, 0.25) is 5.02 Å². The van der Waals surface area contributed by atoms with Gasteiger partial charge in [0.25, 0.3) is 0 Å². The molecule has 3 nitrogen and oxygen atoms in total. The van der Waals surface area contributed by atoms with E-state index >= 15 is 0 Å². The van der Waals surface area contributed by atoms with Gasteiger partial charge in [-0.05, 0) is 37.6 Å². The maximum Gasteiger partial charge on any atom is 0.162 e. The van der Waals surface area contributed by atoms with Crippen molar-refractivity contribution in [3.05, 3.63) is 46.0 Å². The third-order valence-corrected chi connectivity index (χ3v) is 3.09. The third kappa shape index (κ3) is 2.35. The summed E-state index contributed by atoms with van der Waals surface area (Å²) in [6, 6.07) is 4.43.